The largest absolute Gasteiger partial charge is 0.507 e. The van der Waals surface area contributed by atoms with Crippen LogP contribution >= 0.6 is 22.9 Å². The third kappa shape index (κ3) is 3.67. The lowest BCUT2D eigenvalue weighted by Gasteiger charge is -2.23. The molecule has 4 aromatic rings. The number of amides is 1. The molecule has 1 N–H and O–H groups in total. The van der Waals surface area contributed by atoms with E-state index in [1.54, 1.807) is 24.3 Å². The van der Waals surface area contributed by atoms with Gasteiger partial charge in [-0.25, -0.2) is 9.37 Å². The van der Waals surface area contributed by atoms with Gasteiger partial charge in [0.2, 0.25) is 0 Å². The molecule has 8 heteroatoms. The summed E-state index contributed by atoms with van der Waals surface area (Å²) in [5, 5.41) is 11.9. The lowest BCUT2D eigenvalue weighted by atomic mass is 9.95. The van der Waals surface area contributed by atoms with Gasteiger partial charge in [-0.15, -0.1) is 0 Å². The Morgan fingerprint density at radius 1 is 1.06 bits per heavy atom. The van der Waals surface area contributed by atoms with Gasteiger partial charge in [0.1, 0.15) is 11.6 Å². The summed E-state index contributed by atoms with van der Waals surface area (Å²) >= 11 is 7.25. The van der Waals surface area contributed by atoms with E-state index in [0.717, 1.165) is 21.3 Å². The van der Waals surface area contributed by atoms with Crippen LogP contribution in [0.15, 0.2) is 66.2 Å². The lowest BCUT2D eigenvalue weighted by molar-refractivity contribution is -0.132. The second-order valence-electron chi connectivity index (χ2n) is 8.15. The van der Waals surface area contributed by atoms with Crippen LogP contribution in [0.1, 0.15) is 28.3 Å². The molecule has 0 saturated carbocycles. The highest BCUT2D eigenvalue weighted by atomic mass is 35.5. The molecule has 0 spiro atoms. The zero-order valence-corrected chi connectivity index (χ0v) is 19.7. The number of anilines is 1. The summed E-state index contributed by atoms with van der Waals surface area (Å²) in [4.78, 5) is 32.5. The predicted octanol–water partition coefficient (Wildman–Crippen LogP) is 6.33. The van der Waals surface area contributed by atoms with E-state index in [-0.39, 0.29) is 11.3 Å². The van der Waals surface area contributed by atoms with Crippen LogP contribution in [0.5, 0.6) is 0 Å². The van der Waals surface area contributed by atoms with E-state index >= 15 is 0 Å². The third-order valence-corrected chi connectivity index (χ3v) is 7.03. The van der Waals surface area contributed by atoms with E-state index in [9.17, 15) is 19.1 Å². The maximum Gasteiger partial charge on any atom is 0.301 e. The Morgan fingerprint density at radius 3 is 2.41 bits per heavy atom. The smallest absolute Gasteiger partial charge is 0.301 e. The molecule has 1 atom stereocenters. The number of fused-ring (bicyclic) bond motifs is 1. The number of nitrogens with zero attached hydrogens (tertiary/aromatic N) is 2. The van der Waals surface area contributed by atoms with E-state index < -0.39 is 23.5 Å². The molecule has 34 heavy (non-hydrogen) atoms. The molecule has 1 aliphatic heterocycles. The normalized spacial score (nSPS) is 17.6. The van der Waals surface area contributed by atoms with Crippen molar-refractivity contribution in [3.8, 4) is 0 Å². The summed E-state index contributed by atoms with van der Waals surface area (Å²) in [6, 6.07) is 14.8. The van der Waals surface area contributed by atoms with Crippen molar-refractivity contribution in [1.29, 1.82) is 0 Å². The molecule has 0 aliphatic carbocycles. The van der Waals surface area contributed by atoms with Crippen LogP contribution in [0.25, 0.3) is 16.0 Å². The molecule has 5 nitrogen and oxygen atoms in total. The molecule has 0 radical (unpaired) electrons. The Balaban J connectivity index is 1.74. The predicted molar refractivity (Wildman–Crippen MR) is 132 cm³/mol. The Hall–Kier alpha value is -3.55. The maximum atomic E-state index is 13.7. The van der Waals surface area contributed by atoms with Gasteiger partial charge in [-0.3, -0.25) is 14.5 Å². The summed E-state index contributed by atoms with van der Waals surface area (Å²) in [6.45, 7) is 3.91. The number of carbonyl (C=O) groups excluding carboxylic acids is 2. The van der Waals surface area contributed by atoms with Gasteiger partial charge in [0, 0.05) is 10.6 Å². The van der Waals surface area contributed by atoms with Crippen molar-refractivity contribution in [2.24, 2.45) is 0 Å². The van der Waals surface area contributed by atoms with Crippen molar-refractivity contribution < 1.29 is 19.1 Å². The molecule has 3 aromatic carbocycles. The first-order valence-corrected chi connectivity index (χ1v) is 11.6. The molecule has 0 bridgehead atoms. The fraction of sp³-hybridized carbons (Fsp3) is 0.115. The summed E-state index contributed by atoms with van der Waals surface area (Å²) in [7, 11) is 0. The number of rotatable bonds is 3. The van der Waals surface area contributed by atoms with Crippen molar-refractivity contribution in [2.45, 2.75) is 19.9 Å². The van der Waals surface area contributed by atoms with E-state index in [0.29, 0.717) is 21.3 Å². The number of carbonyl (C=O) groups is 2. The molecule has 1 saturated heterocycles. The first-order chi connectivity index (χ1) is 16.2. The second-order valence-corrected chi connectivity index (χ2v) is 9.60. The van der Waals surface area contributed by atoms with Crippen LogP contribution < -0.4 is 4.90 Å². The van der Waals surface area contributed by atoms with Crippen LogP contribution in [0.2, 0.25) is 5.02 Å². The molecule has 1 amide bonds. The number of aromatic nitrogens is 1. The second kappa shape index (κ2) is 8.34. The quantitative estimate of drug-likeness (QED) is 0.206. The zero-order chi connectivity index (χ0) is 24.1. The Kier molecular flexibility index (Phi) is 5.46. The maximum absolute atomic E-state index is 13.7. The summed E-state index contributed by atoms with van der Waals surface area (Å²) in [5.74, 6) is -2.43. The van der Waals surface area contributed by atoms with Crippen LogP contribution in [0.3, 0.4) is 0 Å². The van der Waals surface area contributed by atoms with Crippen molar-refractivity contribution in [3.63, 3.8) is 0 Å². The molecule has 170 valence electrons. The SMILES string of the molecule is Cc1cc(C)c2nc(N3C(=O)C(=O)/C(=C(/O)c4ccc(Cl)cc4)[C@@H]3c3ccc(F)cc3)sc2c1. The van der Waals surface area contributed by atoms with Crippen LogP contribution in [-0.4, -0.2) is 21.8 Å². The summed E-state index contributed by atoms with van der Waals surface area (Å²) in [5.41, 5.74) is 3.47. The molecule has 5 rings (SSSR count). The first-order valence-electron chi connectivity index (χ1n) is 10.4. The number of benzene rings is 3. The average Bonchev–Trinajstić information content (AvgIpc) is 3.33. The number of ketones is 1. The molecule has 2 heterocycles. The van der Waals surface area contributed by atoms with Crippen molar-refractivity contribution in [3.05, 3.63) is 99.3 Å². The molecule has 1 fully saturated rings. The number of thiazole rings is 1. The molecular weight excluding hydrogens is 475 g/mol. The van der Waals surface area contributed by atoms with E-state index in [1.165, 1.54) is 40.5 Å². The highest BCUT2D eigenvalue weighted by Gasteiger charge is 2.48. The first kappa shape index (κ1) is 22.3. The number of Topliss-reactive ketones (excluding diaryl/α,β-unsaturated/α-hetero) is 1. The molecular formula is C26H18ClFN2O3S. The number of hydrogen-bond donors (Lipinski definition) is 1. The van der Waals surface area contributed by atoms with E-state index in [2.05, 4.69) is 4.98 Å². The minimum Gasteiger partial charge on any atom is -0.507 e. The van der Waals surface area contributed by atoms with Gasteiger partial charge < -0.3 is 5.11 Å². The van der Waals surface area contributed by atoms with Crippen molar-refractivity contribution in [2.75, 3.05) is 4.90 Å². The minimum atomic E-state index is -0.974. The monoisotopic (exact) mass is 492 g/mol. The fourth-order valence-corrected chi connectivity index (χ4v) is 5.51. The number of hydrogen-bond acceptors (Lipinski definition) is 5. The van der Waals surface area contributed by atoms with Gasteiger partial charge in [-0.2, -0.15) is 0 Å². The molecule has 1 aliphatic rings. The Labute approximate surface area is 203 Å². The van der Waals surface area contributed by atoms with Gasteiger partial charge in [-0.05, 0) is 73.0 Å². The average molecular weight is 493 g/mol. The van der Waals surface area contributed by atoms with E-state index in [1.807, 2.05) is 26.0 Å². The fourth-order valence-electron chi connectivity index (χ4n) is 4.22. The lowest BCUT2D eigenvalue weighted by Crippen LogP contribution is -2.29. The zero-order valence-electron chi connectivity index (χ0n) is 18.2. The van der Waals surface area contributed by atoms with Crippen LogP contribution in [0.4, 0.5) is 9.52 Å². The third-order valence-electron chi connectivity index (χ3n) is 5.77. The number of aliphatic hydroxyl groups is 1. The van der Waals surface area contributed by atoms with Crippen molar-refractivity contribution in [1.82, 2.24) is 4.98 Å². The molecule has 0 unspecified atom stereocenters. The van der Waals surface area contributed by atoms with E-state index in [4.69, 9.17) is 11.6 Å². The number of halogens is 2. The van der Waals surface area contributed by atoms with Gasteiger partial charge in [0.15, 0.2) is 5.13 Å². The summed E-state index contributed by atoms with van der Waals surface area (Å²) in [6.07, 6.45) is 0. The highest BCUT2D eigenvalue weighted by Crippen LogP contribution is 2.44. The van der Waals surface area contributed by atoms with Crippen molar-refractivity contribution >= 4 is 55.7 Å². The minimum absolute atomic E-state index is 0.0916. The number of aryl methyl sites for hydroxylation is 2. The Bertz CT molecular complexity index is 1490. The van der Waals surface area contributed by atoms with Gasteiger partial charge >= 0.3 is 5.91 Å². The van der Waals surface area contributed by atoms with Gasteiger partial charge in [0.25, 0.3) is 5.78 Å². The standard InChI is InChI=1S/C26H18ClFN2O3S/c1-13-11-14(2)21-19(12-13)34-26(29-21)30-22(15-5-9-18(28)10-6-15)20(24(32)25(30)33)23(31)16-3-7-17(27)8-4-16/h3-12,22,31H,1-2H3/b23-20+/t22-/m0/s1. The highest BCUT2D eigenvalue weighted by molar-refractivity contribution is 7.22. The number of aliphatic hydroxyl groups excluding tert-OH is 1. The van der Waals surface area contributed by atoms with Gasteiger partial charge in [-0.1, -0.05) is 41.1 Å². The molecule has 1 aromatic heterocycles. The topological polar surface area (TPSA) is 70.5 Å². The Morgan fingerprint density at radius 2 is 1.74 bits per heavy atom. The summed E-state index contributed by atoms with van der Waals surface area (Å²) < 4.78 is 14.6. The van der Waals surface area contributed by atoms with Crippen LogP contribution in [-0.2, 0) is 9.59 Å². The van der Waals surface area contributed by atoms with Crippen LogP contribution in [0, 0.1) is 19.7 Å². The van der Waals surface area contributed by atoms with Gasteiger partial charge in [0.05, 0.1) is 21.8 Å².